The van der Waals surface area contributed by atoms with Crippen molar-refractivity contribution in [1.29, 1.82) is 0 Å². The first kappa shape index (κ1) is 9.90. The van der Waals surface area contributed by atoms with Gasteiger partial charge in [-0.15, -0.1) is 0 Å². The highest BCUT2D eigenvalue weighted by molar-refractivity contribution is 5.85. The standard InChI is InChI=1S/C7H8N4O3/c8-7(14)10-3-5-9-2-1-4(11-5)6(12)13/h1-2H,3H2,(H,12,13)(H3,8,10,14). The predicted octanol–water partition coefficient (Wildman–Crippen LogP) is -0.657. The van der Waals surface area contributed by atoms with E-state index in [0.29, 0.717) is 0 Å². The fraction of sp³-hybridized carbons (Fsp3) is 0.143. The smallest absolute Gasteiger partial charge is 0.354 e. The number of amides is 2. The maximum atomic E-state index is 10.5. The SMILES string of the molecule is NC(=O)NCc1nccc(C(=O)O)n1. The number of nitrogens with two attached hydrogens (primary N) is 1. The molecule has 14 heavy (non-hydrogen) atoms. The molecule has 0 aliphatic rings. The molecule has 0 unspecified atom stereocenters. The number of rotatable bonds is 3. The Balaban J connectivity index is 2.73. The number of carboxylic acids is 1. The van der Waals surface area contributed by atoms with E-state index in [1.165, 1.54) is 12.3 Å². The highest BCUT2D eigenvalue weighted by Crippen LogP contribution is 1.95. The lowest BCUT2D eigenvalue weighted by Gasteiger charge is -2.00. The first-order valence-corrected chi connectivity index (χ1v) is 3.68. The molecule has 0 spiro atoms. The molecule has 1 aromatic rings. The largest absolute Gasteiger partial charge is 0.477 e. The van der Waals surface area contributed by atoms with Crippen LogP contribution in [-0.4, -0.2) is 27.1 Å². The van der Waals surface area contributed by atoms with Crippen LogP contribution in [0.5, 0.6) is 0 Å². The van der Waals surface area contributed by atoms with E-state index in [1.54, 1.807) is 0 Å². The molecule has 7 heteroatoms. The second-order valence-electron chi connectivity index (χ2n) is 2.38. The van der Waals surface area contributed by atoms with Crippen molar-refractivity contribution in [3.8, 4) is 0 Å². The Hall–Kier alpha value is -2.18. The van der Waals surface area contributed by atoms with Crippen molar-refractivity contribution in [2.75, 3.05) is 0 Å². The van der Waals surface area contributed by atoms with Crippen molar-refractivity contribution in [1.82, 2.24) is 15.3 Å². The summed E-state index contributed by atoms with van der Waals surface area (Å²) >= 11 is 0. The number of urea groups is 1. The summed E-state index contributed by atoms with van der Waals surface area (Å²) in [6.45, 7) is 0.0104. The number of aromatic carboxylic acids is 1. The molecule has 0 aromatic carbocycles. The van der Waals surface area contributed by atoms with E-state index < -0.39 is 12.0 Å². The van der Waals surface area contributed by atoms with Gasteiger partial charge in [-0.1, -0.05) is 0 Å². The summed E-state index contributed by atoms with van der Waals surface area (Å²) in [6.07, 6.45) is 1.30. The number of aromatic nitrogens is 2. The average Bonchev–Trinajstić information content (AvgIpc) is 2.15. The van der Waals surface area contributed by atoms with E-state index in [2.05, 4.69) is 15.3 Å². The van der Waals surface area contributed by atoms with E-state index >= 15 is 0 Å². The topological polar surface area (TPSA) is 118 Å². The van der Waals surface area contributed by atoms with Gasteiger partial charge in [0.2, 0.25) is 0 Å². The monoisotopic (exact) mass is 196 g/mol. The molecule has 2 amide bonds. The lowest BCUT2D eigenvalue weighted by atomic mass is 10.4. The lowest BCUT2D eigenvalue weighted by Crippen LogP contribution is -2.29. The van der Waals surface area contributed by atoms with Crippen LogP contribution >= 0.6 is 0 Å². The van der Waals surface area contributed by atoms with Crippen molar-refractivity contribution in [2.24, 2.45) is 5.73 Å². The van der Waals surface area contributed by atoms with Gasteiger partial charge in [-0.2, -0.15) is 0 Å². The number of carbonyl (C=O) groups excluding carboxylic acids is 1. The van der Waals surface area contributed by atoms with Gasteiger partial charge in [0.1, 0.15) is 5.82 Å². The molecule has 74 valence electrons. The molecule has 0 atom stereocenters. The molecule has 1 rings (SSSR count). The zero-order valence-corrected chi connectivity index (χ0v) is 7.10. The molecule has 1 aromatic heterocycles. The second kappa shape index (κ2) is 4.17. The van der Waals surface area contributed by atoms with Gasteiger partial charge in [-0.3, -0.25) is 0 Å². The minimum atomic E-state index is -1.15. The van der Waals surface area contributed by atoms with Crippen molar-refractivity contribution in [3.63, 3.8) is 0 Å². The average molecular weight is 196 g/mol. The summed E-state index contributed by atoms with van der Waals surface area (Å²) in [5.41, 5.74) is 4.69. The molecule has 1 heterocycles. The summed E-state index contributed by atoms with van der Waals surface area (Å²) in [5, 5.41) is 10.8. The molecular weight excluding hydrogens is 188 g/mol. The third-order valence-corrected chi connectivity index (χ3v) is 1.35. The van der Waals surface area contributed by atoms with Gasteiger partial charge >= 0.3 is 12.0 Å². The second-order valence-corrected chi connectivity index (χ2v) is 2.38. The van der Waals surface area contributed by atoms with Crippen LogP contribution in [0.3, 0.4) is 0 Å². The fourth-order valence-electron chi connectivity index (χ4n) is 0.770. The molecule has 0 saturated heterocycles. The fourth-order valence-corrected chi connectivity index (χ4v) is 0.770. The van der Waals surface area contributed by atoms with Crippen LogP contribution in [0.25, 0.3) is 0 Å². The molecule has 0 bridgehead atoms. The van der Waals surface area contributed by atoms with Gasteiger partial charge in [0.15, 0.2) is 5.69 Å². The first-order chi connectivity index (χ1) is 6.59. The minimum Gasteiger partial charge on any atom is -0.477 e. The number of primary amides is 1. The zero-order chi connectivity index (χ0) is 10.6. The number of hydrogen-bond donors (Lipinski definition) is 3. The quantitative estimate of drug-likeness (QED) is 0.593. The van der Waals surface area contributed by atoms with E-state index in [9.17, 15) is 9.59 Å². The van der Waals surface area contributed by atoms with Gasteiger partial charge in [0.25, 0.3) is 0 Å². The van der Waals surface area contributed by atoms with Crippen LogP contribution in [0.15, 0.2) is 12.3 Å². The summed E-state index contributed by atoms with van der Waals surface area (Å²) in [6, 6.07) is 0.546. The first-order valence-electron chi connectivity index (χ1n) is 3.68. The van der Waals surface area contributed by atoms with Crippen molar-refractivity contribution in [2.45, 2.75) is 6.54 Å². The van der Waals surface area contributed by atoms with E-state index in [-0.39, 0.29) is 18.1 Å². The maximum Gasteiger partial charge on any atom is 0.354 e. The zero-order valence-electron chi connectivity index (χ0n) is 7.10. The highest BCUT2D eigenvalue weighted by Gasteiger charge is 2.05. The van der Waals surface area contributed by atoms with Crippen LogP contribution in [0, 0.1) is 0 Å². The number of nitrogens with one attached hydrogen (secondary N) is 1. The van der Waals surface area contributed by atoms with Crippen molar-refractivity contribution >= 4 is 12.0 Å². The van der Waals surface area contributed by atoms with Crippen LogP contribution < -0.4 is 11.1 Å². The van der Waals surface area contributed by atoms with Gasteiger partial charge in [0, 0.05) is 6.20 Å². The van der Waals surface area contributed by atoms with Crippen molar-refractivity contribution in [3.05, 3.63) is 23.8 Å². The Morgan fingerprint density at radius 2 is 2.29 bits per heavy atom. The molecule has 7 nitrogen and oxygen atoms in total. The summed E-state index contributed by atoms with van der Waals surface area (Å²) < 4.78 is 0. The van der Waals surface area contributed by atoms with Gasteiger partial charge in [-0.05, 0) is 6.07 Å². The molecule has 0 radical (unpaired) electrons. The van der Waals surface area contributed by atoms with E-state index in [4.69, 9.17) is 10.8 Å². The number of carbonyl (C=O) groups is 2. The number of carboxylic acid groups (broad SMARTS) is 1. The minimum absolute atomic E-state index is 0.0104. The van der Waals surface area contributed by atoms with Crippen LogP contribution in [0.2, 0.25) is 0 Å². The van der Waals surface area contributed by atoms with E-state index in [1.807, 2.05) is 0 Å². The summed E-state index contributed by atoms with van der Waals surface area (Å²) in [7, 11) is 0. The Bertz CT molecular complexity index is 366. The van der Waals surface area contributed by atoms with Crippen LogP contribution in [0.4, 0.5) is 4.79 Å². The third-order valence-electron chi connectivity index (χ3n) is 1.35. The Morgan fingerprint density at radius 3 is 2.86 bits per heavy atom. The van der Waals surface area contributed by atoms with Crippen LogP contribution in [0.1, 0.15) is 16.3 Å². The lowest BCUT2D eigenvalue weighted by molar-refractivity contribution is 0.0690. The van der Waals surface area contributed by atoms with Crippen molar-refractivity contribution < 1.29 is 14.7 Å². The highest BCUT2D eigenvalue weighted by atomic mass is 16.4. The molecule has 0 saturated carbocycles. The summed E-state index contributed by atoms with van der Waals surface area (Å²) in [5.74, 6) is -0.948. The van der Waals surface area contributed by atoms with Gasteiger partial charge < -0.3 is 16.2 Å². The van der Waals surface area contributed by atoms with Crippen LogP contribution in [-0.2, 0) is 6.54 Å². The third kappa shape index (κ3) is 2.70. The molecular formula is C7H8N4O3. The Kier molecular flexibility index (Phi) is 2.95. The molecule has 4 N–H and O–H groups in total. The predicted molar refractivity (Wildman–Crippen MR) is 45.4 cm³/mol. The van der Waals surface area contributed by atoms with Gasteiger partial charge in [-0.25, -0.2) is 19.6 Å². The molecule has 0 fully saturated rings. The van der Waals surface area contributed by atoms with E-state index in [0.717, 1.165) is 0 Å². The summed E-state index contributed by atoms with van der Waals surface area (Å²) in [4.78, 5) is 28.2. The molecule has 0 aliphatic heterocycles. The normalized spacial score (nSPS) is 9.43. The molecule has 0 aliphatic carbocycles. The van der Waals surface area contributed by atoms with Gasteiger partial charge in [0.05, 0.1) is 6.54 Å². The number of nitrogens with zero attached hydrogens (tertiary/aromatic N) is 2. The Labute approximate surface area is 79.0 Å². The Morgan fingerprint density at radius 1 is 1.57 bits per heavy atom. The maximum absolute atomic E-state index is 10.5. The number of hydrogen-bond acceptors (Lipinski definition) is 4.